The molecule has 0 N–H and O–H groups in total. The number of rotatable bonds is 0. The zero-order valence-electron chi connectivity index (χ0n) is 28.1. The lowest BCUT2D eigenvalue weighted by atomic mass is 10.0. The van der Waals surface area contributed by atoms with Gasteiger partial charge in [-0.15, -0.1) is 0 Å². The van der Waals surface area contributed by atoms with Gasteiger partial charge in [-0.1, -0.05) is 248 Å². The van der Waals surface area contributed by atoms with Crippen molar-refractivity contribution in [3.63, 3.8) is 0 Å². The summed E-state index contributed by atoms with van der Waals surface area (Å²) in [6.45, 7) is 28.0. The average molecular weight is 539 g/mol. The maximum atomic E-state index is 2.00. The van der Waals surface area contributed by atoms with Crippen LogP contribution in [0.3, 0.4) is 0 Å². The Kier molecular flexibility index (Phi) is 196. The minimum atomic E-state index is 0. The maximum absolute atomic E-state index is 2.00. The maximum Gasteiger partial charge on any atom is -0.0533 e. The Morgan fingerprint density at radius 1 is 0.135 bits per heavy atom. The summed E-state index contributed by atoms with van der Waals surface area (Å²) in [7, 11) is 0. The molecule has 0 bridgehead atoms. The zero-order chi connectivity index (χ0) is 28.1. The van der Waals surface area contributed by atoms with Crippen molar-refractivity contribution >= 4 is 0 Å². The molecular weight excluding hydrogens is 444 g/mol. The SMILES string of the molecule is C.C.C.C1CCC1.C1CCC1.C1CCC1.C1CCC1.C1CCC1.CC.CC.CC.CC.CC.CC.CC. The highest BCUT2D eigenvalue weighted by Gasteiger charge is 1.96. The summed E-state index contributed by atoms with van der Waals surface area (Å²) in [5.41, 5.74) is 0. The molecular formula is C37H94. The third-order valence-corrected chi connectivity index (χ3v) is 5.00. The average Bonchev–Trinajstić information content (AvgIpc) is 2.72. The quantitative estimate of drug-likeness (QED) is 0.287. The molecule has 37 heavy (non-hydrogen) atoms. The molecule has 5 rings (SSSR count). The molecule has 0 aromatic carbocycles. The molecule has 0 atom stereocenters. The van der Waals surface area contributed by atoms with Gasteiger partial charge in [0.15, 0.2) is 0 Å². The second-order valence-corrected chi connectivity index (χ2v) is 7.07. The molecule has 0 heterocycles. The first kappa shape index (κ1) is 65.8. The summed E-state index contributed by atoms with van der Waals surface area (Å²) in [5, 5.41) is 0. The van der Waals surface area contributed by atoms with Crippen molar-refractivity contribution < 1.29 is 0 Å². The van der Waals surface area contributed by atoms with E-state index < -0.39 is 0 Å². The molecule has 0 aromatic rings. The largest absolute Gasteiger partial charge is 0.0776 e. The standard InChI is InChI=1S/5C4H8.7C2H6.3CH4/c5*1-2-4-3-1;7*1-2;;;/h5*1-4H2;7*1-2H3;3*1H4. The minimum absolute atomic E-state index is 0. The molecule has 0 spiro atoms. The fourth-order valence-corrected chi connectivity index (χ4v) is 1.25. The predicted octanol–water partition coefficient (Wildman–Crippen LogP) is 16.9. The minimum Gasteiger partial charge on any atom is -0.0776 e. The van der Waals surface area contributed by atoms with Gasteiger partial charge in [0.2, 0.25) is 0 Å². The van der Waals surface area contributed by atoms with Crippen LogP contribution in [0.4, 0.5) is 0 Å². The molecule has 5 fully saturated rings. The van der Waals surface area contributed by atoms with Crippen molar-refractivity contribution in [1.29, 1.82) is 0 Å². The van der Waals surface area contributed by atoms with E-state index in [4.69, 9.17) is 0 Å². The molecule has 242 valence electrons. The summed E-state index contributed by atoms with van der Waals surface area (Å²) >= 11 is 0. The molecule has 0 aliphatic heterocycles. The van der Waals surface area contributed by atoms with Gasteiger partial charge < -0.3 is 0 Å². The summed E-state index contributed by atoms with van der Waals surface area (Å²) < 4.78 is 0. The van der Waals surface area contributed by atoms with Gasteiger partial charge in [0.1, 0.15) is 0 Å². The zero-order valence-corrected chi connectivity index (χ0v) is 28.1. The summed E-state index contributed by atoms with van der Waals surface area (Å²) in [6, 6.07) is 0. The van der Waals surface area contributed by atoms with E-state index in [1.165, 1.54) is 128 Å². The number of hydrogen-bond acceptors (Lipinski definition) is 0. The van der Waals surface area contributed by atoms with E-state index >= 15 is 0 Å². The van der Waals surface area contributed by atoms with E-state index in [1.54, 1.807) is 0 Å². The Morgan fingerprint density at radius 3 is 0.162 bits per heavy atom. The van der Waals surface area contributed by atoms with Crippen molar-refractivity contribution in [3.8, 4) is 0 Å². The van der Waals surface area contributed by atoms with E-state index in [-0.39, 0.29) is 22.3 Å². The highest BCUT2D eigenvalue weighted by Crippen LogP contribution is 2.16. The molecule has 5 aliphatic carbocycles. The van der Waals surface area contributed by atoms with E-state index in [1.807, 2.05) is 96.9 Å². The Morgan fingerprint density at radius 2 is 0.162 bits per heavy atom. The van der Waals surface area contributed by atoms with E-state index in [0.717, 1.165) is 0 Å². The van der Waals surface area contributed by atoms with Crippen molar-refractivity contribution in [2.75, 3.05) is 0 Å². The second-order valence-electron chi connectivity index (χ2n) is 7.07. The fourth-order valence-electron chi connectivity index (χ4n) is 1.25. The first-order valence-corrected chi connectivity index (χ1v) is 17.0. The third-order valence-electron chi connectivity index (χ3n) is 5.00. The van der Waals surface area contributed by atoms with Crippen molar-refractivity contribution in [1.82, 2.24) is 0 Å². The first-order chi connectivity index (χ1) is 17.0. The predicted molar refractivity (Wildman–Crippen MR) is 192 cm³/mol. The Labute approximate surface area is 247 Å². The van der Waals surface area contributed by atoms with Gasteiger partial charge in [0, 0.05) is 0 Å². The fraction of sp³-hybridized carbons (Fsp3) is 1.00. The van der Waals surface area contributed by atoms with Gasteiger partial charge in [-0.05, 0) is 0 Å². The third kappa shape index (κ3) is 104. The van der Waals surface area contributed by atoms with Crippen LogP contribution in [0.1, 0.15) is 248 Å². The smallest absolute Gasteiger partial charge is 0.0533 e. The normalized spacial score (nSPS) is 14.1. The lowest BCUT2D eigenvalue weighted by molar-refractivity contribution is 0.504. The van der Waals surface area contributed by atoms with Crippen LogP contribution >= 0.6 is 0 Å². The lowest BCUT2D eigenvalue weighted by Crippen LogP contribution is -1.85. The summed E-state index contributed by atoms with van der Waals surface area (Å²) in [5.74, 6) is 0. The molecule has 0 amide bonds. The highest BCUT2D eigenvalue weighted by molar-refractivity contribution is 4.52. The first-order valence-electron chi connectivity index (χ1n) is 17.0. The van der Waals surface area contributed by atoms with Gasteiger partial charge in [-0.2, -0.15) is 0 Å². The lowest BCUT2D eigenvalue weighted by Gasteiger charge is -2.05. The Bertz CT molecular complexity index is 86.4. The number of hydrogen-bond donors (Lipinski definition) is 0. The van der Waals surface area contributed by atoms with E-state index in [2.05, 4.69) is 0 Å². The second kappa shape index (κ2) is 110. The van der Waals surface area contributed by atoms with Crippen LogP contribution in [0.5, 0.6) is 0 Å². The molecule has 0 heteroatoms. The van der Waals surface area contributed by atoms with Crippen LogP contribution in [-0.4, -0.2) is 0 Å². The molecule has 0 aromatic heterocycles. The van der Waals surface area contributed by atoms with Crippen LogP contribution in [0.2, 0.25) is 0 Å². The van der Waals surface area contributed by atoms with Crippen molar-refractivity contribution in [3.05, 3.63) is 0 Å². The van der Waals surface area contributed by atoms with Crippen molar-refractivity contribution in [2.45, 2.75) is 248 Å². The molecule has 5 aliphatic rings. The molecule has 0 nitrogen and oxygen atoms in total. The van der Waals surface area contributed by atoms with Gasteiger partial charge in [0.05, 0.1) is 0 Å². The monoisotopic (exact) mass is 539 g/mol. The van der Waals surface area contributed by atoms with Gasteiger partial charge in [-0.3, -0.25) is 0 Å². The van der Waals surface area contributed by atoms with E-state index in [9.17, 15) is 0 Å². The molecule has 0 unspecified atom stereocenters. The molecule has 0 radical (unpaired) electrons. The van der Waals surface area contributed by atoms with Crippen LogP contribution in [0.15, 0.2) is 0 Å². The van der Waals surface area contributed by atoms with Gasteiger partial charge >= 0.3 is 0 Å². The Balaban J connectivity index is -0.0000000272. The topological polar surface area (TPSA) is 0 Å². The van der Waals surface area contributed by atoms with Gasteiger partial charge in [-0.25, -0.2) is 0 Å². The van der Waals surface area contributed by atoms with Crippen molar-refractivity contribution in [2.24, 2.45) is 0 Å². The Hall–Kier alpha value is 0. The van der Waals surface area contributed by atoms with Gasteiger partial charge in [0.25, 0.3) is 0 Å². The van der Waals surface area contributed by atoms with Crippen LogP contribution in [0.25, 0.3) is 0 Å². The van der Waals surface area contributed by atoms with Crippen LogP contribution in [0, 0.1) is 0 Å². The van der Waals surface area contributed by atoms with Crippen LogP contribution in [-0.2, 0) is 0 Å². The molecule has 0 saturated heterocycles. The van der Waals surface area contributed by atoms with Crippen LogP contribution < -0.4 is 0 Å². The summed E-state index contributed by atoms with van der Waals surface area (Å²) in [4.78, 5) is 0. The highest BCUT2D eigenvalue weighted by atomic mass is 14.0. The molecule has 5 saturated carbocycles. The summed E-state index contributed by atoms with van der Waals surface area (Å²) in [6.07, 6.45) is 30.0. The van der Waals surface area contributed by atoms with E-state index in [0.29, 0.717) is 0 Å².